The van der Waals surface area contributed by atoms with Gasteiger partial charge in [0.1, 0.15) is 0 Å². The number of nitrogens with one attached hydrogen (secondary N) is 1. The first-order valence-corrected chi connectivity index (χ1v) is 6.40. The van der Waals surface area contributed by atoms with E-state index in [4.69, 9.17) is 10.5 Å². The van der Waals surface area contributed by atoms with Gasteiger partial charge in [-0.15, -0.1) is 0 Å². The average molecular weight is 258 g/mol. The molecule has 0 fully saturated rings. The van der Waals surface area contributed by atoms with E-state index in [2.05, 4.69) is 4.98 Å². The molecule has 1 aromatic heterocycles. The minimum Gasteiger partial charge on any atom is -0.462 e. The first-order chi connectivity index (χ1) is 9.15. The molecule has 1 heterocycles. The lowest BCUT2D eigenvalue weighted by Gasteiger charge is -2.00. The lowest BCUT2D eigenvalue weighted by Crippen LogP contribution is -2.05. The summed E-state index contributed by atoms with van der Waals surface area (Å²) in [6.45, 7) is 4.18. The molecule has 4 heteroatoms. The molecule has 0 amide bonds. The van der Waals surface area contributed by atoms with Crippen molar-refractivity contribution >= 4 is 11.7 Å². The summed E-state index contributed by atoms with van der Waals surface area (Å²) in [6.07, 6.45) is 0.753. The fourth-order valence-corrected chi connectivity index (χ4v) is 1.99. The first kappa shape index (κ1) is 13.2. The number of carbonyl (C=O) groups is 1. The van der Waals surface area contributed by atoms with Crippen LogP contribution in [-0.2, 0) is 11.2 Å². The van der Waals surface area contributed by atoms with Gasteiger partial charge in [0.15, 0.2) is 0 Å². The van der Waals surface area contributed by atoms with Crippen LogP contribution >= 0.6 is 0 Å². The molecule has 19 heavy (non-hydrogen) atoms. The summed E-state index contributed by atoms with van der Waals surface area (Å²) < 4.78 is 5.06. The Morgan fingerprint density at radius 2 is 1.95 bits per heavy atom. The van der Waals surface area contributed by atoms with E-state index in [1.54, 1.807) is 6.92 Å². The zero-order valence-corrected chi connectivity index (χ0v) is 11.2. The SMILES string of the molecule is CCOC(=O)c1cc(-c2ccc(N)cc2)[nH]c1CC. The van der Waals surface area contributed by atoms with Crippen LogP contribution in [0.5, 0.6) is 0 Å². The summed E-state index contributed by atoms with van der Waals surface area (Å²) in [6, 6.07) is 9.37. The topological polar surface area (TPSA) is 68.1 Å². The molecular weight excluding hydrogens is 240 g/mol. The van der Waals surface area contributed by atoms with Crippen molar-refractivity contribution in [1.29, 1.82) is 0 Å². The molecule has 100 valence electrons. The monoisotopic (exact) mass is 258 g/mol. The Labute approximate surface area is 112 Å². The number of aromatic nitrogens is 1. The molecule has 2 aromatic rings. The van der Waals surface area contributed by atoms with Crippen LogP contribution in [0, 0.1) is 0 Å². The molecule has 0 saturated carbocycles. The highest BCUT2D eigenvalue weighted by Crippen LogP contribution is 2.24. The van der Waals surface area contributed by atoms with Gasteiger partial charge in [0.2, 0.25) is 0 Å². The van der Waals surface area contributed by atoms with E-state index in [0.29, 0.717) is 12.2 Å². The van der Waals surface area contributed by atoms with Crippen molar-refractivity contribution in [3.8, 4) is 11.3 Å². The predicted molar refractivity (Wildman–Crippen MR) is 76.0 cm³/mol. The molecule has 4 nitrogen and oxygen atoms in total. The van der Waals surface area contributed by atoms with Crippen molar-refractivity contribution in [3.63, 3.8) is 0 Å². The van der Waals surface area contributed by atoms with E-state index in [1.807, 2.05) is 37.3 Å². The molecule has 2 rings (SSSR count). The summed E-state index contributed by atoms with van der Waals surface area (Å²) in [5.74, 6) is -0.280. The molecule has 0 bridgehead atoms. The second-order valence-corrected chi connectivity index (χ2v) is 4.27. The zero-order chi connectivity index (χ0) is 13.8. The third-order valence-electron chi connectivity index (χ3n) is 2.97. The second-order valence-electron chi connectivity index (χ2n) is 4.27. The summed E-state index contributed by atoms with van der Waals surface area (Å²) >= 11 is 0. The number of benzene rings is 1. The maximum atomic E-state index is 11.9. The van der Waals surface area contributed by atoms with Crippen molar-refractivity contribution in [2.24, 2.45) is 0 Å². The van der Waals surface area contributed by atoms with E-state index in [0.717, 1.165) is 29.1 Å². The average Bonchev–Trinajstić information content (AvgIpc) is 2.84. The fourth-order valence-electron chi connectivity index (χ4n) is 1.99. The van der Waals surface area contributed by atoms with Gasteiger partial charge in [0.25, 0.3) is 0 Å². The van der Waals surface area contributed by atoms with Crippen LogP contribution in [0.1, 0.15) is 29.9 Å². The van der Waals surface area contributed by atoms with Crippen molar-refractivity contribution in [1.82, 2.24) is 4.98 Å². The normalized spacial score (nSPS) is 10.4. The first-order valence-electron chi connectivity index (χ1n) is 6.40. The van der Waals surface area contributed by atoms with Gasteiger partial charge in [0.05, 0.1) is 12.2 Å². The van der Waals surface area contributed by atoms with Crippen molar-refractivity contribution in [3.05, 3.63) is 41.6 Å². The van der Waals surface area contributed by atoms with Crippen molar-refractivity contribution < 1.29 is 9.53 Å². The predicted octanol–water partition coefficient (Wildman–Crippen LogP) is 3.00. The summed E-state index contributed by atoms with van der Waals surface area (Å²) in [7, 11) is 0. The van der Waals surface area contributed by atoms with Crippen LogP contribution in [0.4, 0.5) is 5.69 Å². The molecule has 0 unspecified atom stereocenters. The number of ether oxygens (including phenoxy) is 1. The second kappa shape index (κ2) is 5.61. The maximum absolute atomic E-state index is 11.9. The highest BCUT2D eigenvalue weighted by atomic mass is 16.5. The van der Waals surface area contributed by atoms with Gasteiger partial charge in [-0.05, 0) is 37.1 Å². The number of esters is 1. The quantitative estimate of drug-likeness (QED) is 0.654. The lowest BCUT2D eigenvalue weighted by molar-refractivity contribution is 0.0525. The van der Waals surface area contributed by atoms with Crippen LogP contribution < -0.4 is 5.73 Å². The minimum absolute atomic E-state index is 0.280. The standard InChI is InChI=1S/C15H18N2O2/c1-3-13-12(15(18)19-4-2)9-14(17-13)10-5-7-11(16)8-6-10/h5-9,17H,3-4,16H2,1-2H3. The third-order valence-corrected chi connectivity index (χ3v) is 2.97. The Morgan fingerprint density at radius 3 is 2.53 bits per heavy atom. The molecule has 1 aromatic carbocycles. The molecule has 0 atom stereocenters. The highest BCUT2D eigenvalue weighted by Gasteiger charge is 2.15. The van der Waals surface area contributed by atoms with Crippen LogP contribution in [0.2, 0.25) is 0 Å². The van der Waals surface area contributed by atoms with Crippen molar-refractivity contribution in [2.75, 3.05) is 12.3 Å². The van der Waals surface area contributed by atoms with Crippen LogP contribution in [0.3, 0.4) is 0 Å². The number of nitrogen functional groups attached to an aromatic ring is 1. The number of anilines is 1. The highest BCUT2D eigenvalue weighted by molar-refractivity contribution is 5.92. The Bertz CT molecular complexity index is 570. The molecule has 3 N–H and O–H groups in total. The number of carbonyl (C=O) groups excluding carboxylic acids is 1. The van der Waals surface area contributed by atoms with Crippen LogP contribution in [-0.4, -0.2) is 17.6 Å². The van der Waals surface area contributed by atoms with E-state index >= 15 is 0 Å². The van der Waals surface area contributed by atoms with Crippen LogP contribution in [0.25, 0.3) is 11.3 Å². The number of hydrogen-bond acceptors (Lipinski definition) is 3. The van der Waals surface area contributed by atoms with Gasteiger partial charge in [-0.25, -0.2) is 4.79 Å². The molecule has 0 spiro atoms. The largest absolute Gasteiger partial charge is 0.462 e. The van der Waals surface area contributed by atoms with E-state index in [1.165, 1.54) is 0 Å². The summed E-state index contributed by atoms with van der Waals surface area (Å²) in [4.78, 5) is 15.1. The maximum Gasteiger partial charge on any atom is 0.339 e. The van der Waals surface area contributed by atoms with Gasteiger partial charge < -0.3 is 15.5 Å². The number of aromatic amines is 1. The van der Waals surface area contributed by atoms with E-state index < -0.39 is 0 Å². The minimum atomic E-state index is -0.280. The van der Waals surface area contributed by atoms with Gasteiger partial charge in [-0.2, -0.15) is 0 Å². The number of hydrogen-bond donors (Lipinski definition) is 2. The third kappa shape index (κ3) is 2.78. The van der Waals surface area contributed by atoms with E-state index in [9.17, 15) is 4.79 Å². The summed E-state index contributed by atoms with van der Waals surface area (Å²) in [5, 5.41) is 0. The van der Waals surface area contributed by atoms with Gasteiger partial charge >= 0.3 is 5.97 Å². The number of rotatable bonds is 4. The number of H-pyrrole nitrogens is 1. The smallest absolute Gasteiger partial charge is 0.339 e. The van der Waals surface area contributed by atoms with Gasteiger partial charge in [-0.1, -0.05) is 19.1 Å². The zero-order valence-electron chi connectivity index (χ0n) is 11.2. The molecule has 0 aliphatic rings. The van der Waals surface area contributed by atoms with E-state index in [-0.39, 0.29) is 5.97 Å². The lowest BCUT2D eigenvalue weighted by atomic mass is 10.1. The molecule has 0 aliphatic carbocycles. The fraction of sp³-hybridized carbons (Fsp3) is 0.267. The van der Waals surface area contributed by atoms with Crippen molar-refractivity contribution in [2.45, 2.75) is 20.3 Å². The Balaban J connectivity index is 2.38. The Kier molecular flexibility index (Phi) is 3.90. The molecular formula is C15H18N2O2. The van der Waals surface area contributed by atoms with Gasteiger partial charge in [-0.3, -0.25) is 0 Å². The number of nitrogens with two attached hydrogens (primary N) is 1. The Morgan fingerprint density at radius 1 is 1.26 bits per heavy atom. The molecule has 0 saturated heterocycles. The molecule has 0 aliphatic heterocycles. The van der Waals surface area contributed by atoms with Crippen LogP contribution in [0.15, 0.2) is 30.3 Å². The summed E-state index contributed by atoms with van der Waals surface area (Å²) in [5.41, 5.74) is 9.79. The van der Waals surface area contributed by atoms with Gasteiger partial charge in [0, 0.05) is 17.1 Å². The number of aryl methyl sites for hydroxylation is 1. The Hall–Kier alpha value is -2.23. The molecule has 0 radical (unpaired) electrons.